The number of halogens is 1. The monoisotopic (exact) mass is 363 g/mol. The van der Waals surface area contributed by atoms with E-state index in [-0.39, 0.29) is 17.7 Å². The van der Waals surface area contributed by atoms with Crippen LogP contribution in [-0.2, 0) is 0 Å². The zero-order valence-corrected chi connectivity index (χ0v) is 15.3. The molecule has 7 nitrogen and oxygen atoms in total. The third-order valence-electron chi connectivity index (χ3n) is 4.94. The Hall–Kier alpha value is -3.16. The highest BCUT2D eigenvalue weighted by Crippen LogP contribution is 2.53. The second kappa shape index (κ2) is 5.67. The van der Waals surface area contributed by atoms with Crippen LogP contribution in [0.3, 0.4) is 0 Å². The maximum atomic E-state index is 13.9. The zero-order chi connectivity index (χ0) is 18.7. The van der Waals surface area contributed by atoms with Gasteiger partial charge in [-0.05, 0) is 39.3 Å². The zero-order valence-electron chi connectivity index (χ0n) is 15.3. The highest BCUT2D eigenvalue weighted by molar-refractivity contribution is 5.44. The Kier molecular flexibility index (Phi) is 3.37. The van der Waals surface area contributed by atoms with Gasteiger partial charge in [-0.3, -0.25) is 0 Å². The van der Waals surface area contributed by atoms with Crippen molar-refractivity contribution in [3.05, 3.63) is 65.3 Å². The number of aromatic nitrogens is 7. The minimum Gasteiger partial charge on any atom is -0.304 e. The molecule has 0 saturated heterocycles. The van der Waals surface area contributed by atoms with E-state index in [1.807, 2.05) is 39.2 Å². The average Bonchev–Trinajstić information content (AvgIpc) is 3.18. The summed E-state index contributed by atoms with van der Waals surface area (Å²) in [6, 6.07) is 5.08. The van der Waals surface area contributed by atoms with E-state index in [2.05, 4.69) is 25.0 Å². The quantitative estimate of drug-likeness (QED) is 0.559. The molecule has 1 unspecified atom stereocenters. The Labute approximate surface area is 154 Å². The summed E-state index contributed by atoms with van der Waals surface area (Å²) in [6.45, 7) is 5.64. The van der Waals surface area contributed by atoms with Gasteiger partial charge in [0.25, 0.3) is 0 Å². The van der Waals surface area contributed by atoms with Crippen molar-refractivity contribution in [1.82, 2.24) is 34.1 Å². The third-order valence-corrected chi connectivity index (χ3v) is 4.94. The highest BCUT2D eigenvalue weighted by Gasteiger charge is 2.43. The van der Waals surface area contributed by atoms with Gasteiger partial charge in [0, 0.05) is 30.3 Å². The fraction of sp³-hybridized carbons (Fsp3) is 0.316. The van der Waals surface area contributed by atoms with Gasteiger partial charge in [-0.1, -0.05) is 0 Å². The van der Waals surface area contributed by atoms with E-state index in [9.17, 15) is 4.39 Å². The molecule has 0 bridgehead atoms. The van der Waals surface area contributed by atoms with Crippen LogP contribution in [0.1, 0.15) is 47.1 Å². The van der Waals surface area contributed by atoms with Crippen molar-refractivity contribution < 1.29 is 4.39 Å². The smallest absolute Gasteiger partial charge is 0.173 e. The van der Waals surface area contributed by atoms with Crippen LogP contribution in [0.25, 0.3) is 11.5 Å². The van der Waals surface area contributed by atoms with Gasteiger partial charge in [-0.25, -0.2) is 24.3 Å². The normalized spacial score (nSPS) is 19.0. The summed E-state index contributed by atoms with van der Waals surface area (Å²) < 4.78 is 17.4. The highest BCUT2D eigenvalue weighted by atomic mass is 19.1. The second-order valence-corrected chi connectivity index (χ2v) is 7.02. The van der Waals surface area contributed by atoms with Crippen molar-refractivity contribution in [3.63, 3.8) is 0 Å². The molecular weight excluding hydrogens is 345 g/mol. The molecule has 1 fully saturated rings. The third kappa shape index (κ3) is 2.68. The molecule has 1 aliphatic carbocycles. The van der Waals surface area contributed by atoms with Crippen LogP contribution in [0, 0.1) is 26.6 Å². The van der Waals surface area contributed by atoms with Crippen LogP contribution in [0.15, 0.2) is 30.6 Å². The molecule has 4 aromatic rings. The largest absolute Gasteiger partial charge is 0.304 e. The molecule has 0 aromatic carbocycles. The molecule has 136 valence electrons. The van der Waals surface area contributed by atoms with Gasteiger partial charge in [0.05, 0.1) is 11.4 Å². The van der Waals surface area contributed by atoms with Crippen molar-refractivity contribution in [3.8, 4) is 5.82 Å². The van der Waals surface area contributed by atoms with Crippen LogP contribution in [0.4, 0.5) is 4.39 Å². The van der Waals surface area contributed by atoms with E-state index in [1.165, 1.54) is 6.07 Å². The summed E-state index contributed by atoms with van der Waals surface area (Å²) in [4.78, 5) is 18.0. The van der Waals surface area contributed by atoms with Gasteiger partial charge in [-0.2, -0.15) is 4.68 Å². The predicted octanol–water partition coefficient (Wildman–Crippen LogP) is 3.04. The number of rotatable bonds is 3. The minimum absolute atomic E-state index is 0.241. The lowest BCUT2D eigenvalue weighted by atomic mass is 10.2. The molecule has 1 aliphatic rings. The van der Waals surface area contributed by atoms with E-state index < -0.39 is 0 Å². The Bertz CT molecular complexity index is 1180. The first-order chi connectivity index (χ1) is 13.0. The first kappa shape index (κ1) is 16.0. The predicted molar refractivity (Wildman–Crippen MR) is 96.4 cm³/mol. The molecule has 8 heteroatoms. The van der Waals surface area contributed by atoms with Crippen molar-refractivity contribution in [1.29, 1.82) is 0 Å². The Morgan fingerprint density at radius 2 is 1.81 bits per heavy atom. The van der Waals surface area contributed by atoms with Gasteiger partial charge in [0.15, 0.2) is 17.3 Å². The lowest BCUT2D eigenvalue weighted by molar-refractivity contribution is 0.630. The summed E-state index contributed by atoms with van der Waals surface area (Å²) in [5, 5.41) is 4.42. The number of fused-ring (bicyclic) bond motifs is 1. The molecule has 2 atom stereocenters. The minimum atomic E-state index is -0.307. The molecule has 5 rings (SSSR count). The van der Waals surface area contributed by atoms with E-state index in [0.29, 0.717) is 17.3 Å². The van der Waals surface area contributed by atoms with E-state index in [1.54, 1.807) is 15.1 Å². The topological polar surface area (TPSA) is 73.8 Å². The van der Waals surface area contributed by atoms with Gasteiger partial charge in [-0.15, -0.1) is 5.10 Å². The summed E-state index contributed by atoms with van der Waals surface area (Å²) in [5.74, 6) is 3.11. The van der Waals surface area contributed by atoms with E-state index in [0.717, 1.165) is 29.5 Å². The molecule has 1 saturated carbocycles. The Morgan fingerprint density at radius 3 is 2.56 bits per heavy atom. The Morgan fingerprint density at radius 1 is 1.00 bits per heavy atom. The second-order valence-electron chi connectivity index (χ2n) is 7.02. The summed E-state index contributed by atoms with van der Waals surface area (Å²) in [5.41, 5.74) is 2.23. The van der Waals surface area contributed by atoms with Crippen LogP contribution in [-0.4, -0.2) is 34.1 Å². The molecule has 4 heterocycles. The molecule has 0 aliphatic heterocycles. The molecule has 27 heavy (non-hydrogen) atoms. The number of aryl methyl sites for hydroxylation is 3. The van der Waals surface area contributed by atoms with Crippen molar-refractivity contribution in [2.45, 2.75) is 39.0 Å². The van der Waals surface area contributed by atoms with Gasteiger partial charge in [0.1, 0.15) is 17.5 Å². The van der Waals surface area contributed by atoms with Gasteiger partial charge in [0.2, 0.25) is 0 Å². The SMILES string of the molecule is Cc1nc([C@@H]2CC2c2cn3cccc(F)c3n2)cc(-n2nc(C)nc2C)n1. The van der Waals surface area contributed by atoms with Crippen molar-refractivity contribution in [2.75, 3.05) is 0 Å². The summed E-state index contributed by atoms with van der Waals surface area (Å²) >= 11 is 0. The molecule has 0 spiro atoms. The number of pyridine rings is 1. The number of nitrogens with zero attached hydrogens (tertiary/aromatic N) is 7. The van der Waals surface area contributed by atoms with E-state index in [4.69, 9.17) is 0 Å². The maximum Gasteiger partial charge on any atom is 0.173 e. The van der Waals surface area contributed by atoms with Gasteiger partial charge < -0.3 is 4.40 Å². The van der Waals surface area contributed by atoms with Crippen molar-refractivity contribution >= 4 is 5.65 Å². The van der Waals surface area contributed by atoms with Crippen LogP contribution < -0.4 is 0 Å². The number of imidazole rings is 1. The molecule has 0 amide bonds. The fourth-order valence-electron chi connectivity index (χ4n) is 3.64. The number of hydrogen-bond donors (Lipinski definition) is 0. The van der Waals surface area contributed by atoms with E-state index >= 15 is 0 Å². The molecule has 4 aromatic heterocycles. The summed E-state index contributed by atoms with van der Waals surface area (Å²) in [6.07, 6.45) is 4.66. The average molecular weight is 363 g/mol. The first-order valence-corrected chi connectivity index (χ1v) is 8.89. The number of hydrogen-bond acceptors (Lipinski definition) is 5. The van der Waals surface area contributed by atoms with Crippen LogP contribution in [0.5, 0.6) is 0 Å². The fourth-order valence-corrected chi connectivity index (χ4v) is 3.64. The lowest BCUT2D eigenvalue weighted by Gasteiger charge is -2.06. The van der Waals surface area contributed by atoms with Crippen molar-refractivity contribution in [2.24, 2.45) is 0 Å². The molecule has 0 N–H and O–H groups in total. The Balaban J connectivity index is 1.49. The maximum absolute atomic E-state index is 13.9. The standard InChI is InChI=1S/C19H18FN7/c1-10-22-16(8-18(23-10)27-12(3)21-11(2)25-27)13-7-14(13)17-9-26-6-4-5-15(20)19(26)24-17/h4-6,8-9,13-14H,7H2,1-3H3/t13-,14?/m1/s1. The molecule has 0 radical (unpaired) electrons. The van der Waals surface area contributed by atoms with Gasteiger partial charge >= 0.3 is 0 Å². The van der Waals surface area contributed by atoms with Crippen LogP contribution >= 0.6 is 0 Å². The lowest BCUT2D eigenvalue weighted by Crippen LogP contribution is -2.06. The first-order valence-electron chi connectivity index (χ1n) is 8.89. The van der Waals surface area contributed by atoms with Crippen LogP contribution in [0.2, 0.25) is 0 Å². The molecular formula is C19H18FN7. The summed E-state index contributed by atoms with van der Waals surface area (Å²) in [7, 11) is 0.